The molecule has 2 aromatic carbocycles. The van der Waals surface area contributed by atoms with Gasteiger partial charge in [0.1, 0.15) is 10.1 Å². The number of halogens is 1. The van der Waals surface area contributed by atoms with Gasteiger partial charge in [-0.1, -0.05) is 24.0 Å². The summed E-state index contributed by atoms with van der Waals surface area (Å²) in [6.07, 6.45) is 1.70. The number of methoxy groups -OCH3 is 1. The lowest BCUT2D eigenvalue weighted by Gasteiger charge is -2.14. The summed E-state index contributed by atoms with van der Waals surface area (Å²) in [6, 6.07) is 10.6. The van der Waals surface area contributed by atoms with Crippen LogP contribution in [0.5, 0.6) is 17.2 Å². The maximum Gasteiger partial charge on any atom is 0.263 e. The Bertz CT molecular complexity index is 1040. The molecular weight excluding hydrogens is 504 g/mol. The van der Waals surface area contributed by atoms with Crippen LogP contribution >= 0.6 is 39.9 Å². The second-order valence-electron chi connectivity index (χ2n) is 6.18. The molecule has 0 atom stereocenters. The molecule has 0 unspecified atom stereocenters. The maximum atomic E-state index is 12.3. The quantitative estimate of drug-likeness (QED) is 0.393. The molecule has 0 saturated carbocycles. The Morgan fingerprint density at radius 1 is 1.26 bits per heavy atom. The Balaban J connectivity index is 1.67. The standard InChI is InChI=1S/C21H19BrN2O5S2/c1-3-28-14-6-4-13(5-7-14)23-18(25)11-29-19-15(22)8-12(9-16(19)27-2)10-17-20(26)24-21(30)31-17/h4-10H,3,11H2,1-2H3,(H,23,25)(H,24,26,30)/b17-10-. The van der Waals surface area contributed by atoms with Gasteiger partial charge in [0.15, 0.2) is 18.1 Å². The molecule has 0 aliphatic carbocycles. The largest absolute Gasteiger partial charge is 0.494 e. The molecule has 1 aliphatic heterocycles. The zero-order valence-electron chi connectivity index (χ0n) is 16.7. The smallest absolute Gasteiger partial charge is 0.263 e. The number of anilines is 1. The lowest BCUT2D eigenvalue weighted by Crippen LogP contribution is -2.20. The van der Waals surface area contributed by atoms with Crippen LogP contribution in [0.4, 0.5) is 5.69 Å². The molecule has 1 saturated heterocycles. The molecule has 1 aliphatic rings. The van der Waals surface area contributed by atoms with Crippen molar-refractivity contribution >= 4 is 67.8 Å². The number of carbonyl (C=O) groups is 2. The molecule has 2 aromatic rings. The van der Waals surface area contributed by atoms with Crippen LogP contribution < -0.4 is 24.8 Å². The van der Waals surface area contributed by atoms with Crippen molar-refractivity contribution in [1.82, 2.24) is 5.32 Å². The lowest BCUT2D eigenvalue weighted by atomic mass is 10.2. The SMILES string of the molecule is CCOc1ccc(NC(=O)COc2c(Br)cc(/C=C3\SC(=S)NC3=O)cc2OC)cc1. The van der Waals surface area contributed by atoms with E-state index in [-0.39, 0.29) is 18.4 Å². The molecule has 7 nitrogen and oxygen atoms in total. The Hall–Kier alpha value is -2.56. The number of nitrogens with one attached hydrogen (secondary N) is 2. The predicted molar refractivity (Wildman–Crippen MR) is 129 cm³/mol. The molecular formula is C21H19BrN2O5S2. The van der Waals surface area contributed by atoms with Crippen LogP contribution in [0.25, 0.3) is 6.08 Å². The summed E-state index contributed by atoms with van der Waals surface area (Å²) in [5.41, 5.74) is 1.35. The van der Waals surface area contributed by atoms with Gasteiger partial charge in [0.05, 0.1) is 23.1 Å². The Labute approximate surface area is 197 Å². The highest BCUT2D eigenvalue weighted by atomic mass is 79.9. The summed E-state index contributed by atoms with van der Waals surface area (Å²) in [7, 11) is 1.50. The van der Waals surface area contributed by atoms with Crippen LogP contribution in [0.3, 0.4) is 0 Å². The zero-order chi connectivity index (χ0) is 22.4. The first-order chi connectivity index (χ1) is 14.9. The van der Waals surface area contributed by atoms with Crippen LogP contribution in [0.1, 0.15) is 12.5 Å². The molecule has 0 spiro atoms. The molecule has 3 rings (SSSR count). The summed E-state index contributed by atoms with van der Waals surface area (Å²) in [4.78, 5) is 24.6. The van der Waals surface area contributed by atoms with E-state index >= 15 is 0 Å². The van der Waals surface area contributed by atoms with Gasteiger partial charge in [-0.25, -0.2) is 0 Å². The number of thioether (sulfide) groups is 1. The number of hydrogen-bond acceptors (Lipinski definition) is 7. The Morgan fingerprint density at radius 3 is 2.61 bits per heavy atom. The van der Waals surface area contributed by atoms with Gasteiger partial charge in [0.2, 0.25) is 0 Å². The Morgan fingerprint density at radius 2 is 2.00 bits per heavy atom. The van der Waals surface area contributed by atoms with Gasteiger partial charge in [-0.15, -0.1) is 0 Å². The van der Waals surface area contributed by atoms with E-state index in [2.05, 4.69) is 26.6 Å². The van der Waals surface area contributed by atoms with Gasteiger partial charge < -0.3 is 24.8 Å². The number of benzene rings is 2. The average Bonchev–Trinajstić information content (AvgIpc) is 3.05. The number of rotatable bonds is 8. The molecule has 2 N–H and O–H groups in total. The van der Waals surface area contributed by atoms with Crippen molar-refractivity contribution in [1.29, 1.82) is 0 Å². The van der Waals surface area contributed by atoms with Crippen molar-refractivity contribution in [3.8, 4) is 17.2 Å². The monoisotopic (exact) mass is 522 g/mol. The normalized spacial score (nSPS) is 14.4. The topological polar surface area (TPSA) is 85.9 Å². The number of amides is 2. The third-order valence-corrected chi connectivity index (χ3v) is 5.74. The maximum absolute atomic E-state index is 12.3. The predicted octanol–water partition coefficient (Wildman–Crippen LogP) is 4.36. The summed E-state index contributed by atoms with van der Waals surface area (Å²) < 4.78 is 17.5. The number of hydrogen-bond donors (Lipinski definition) is 2. The third-order valence-electron chi connectivity index (χ3n) is 3.99. The van der Waals surface area contributed by atoms with Crippen molar-refractivity contribution in [3.63, 3.8) is 0 Å². The van der Waals surface area contributed by atoms with Crippen LogP contribution in [0, 0.1) is 0 Å². The number of ether oxygens (including phenoxy) is 3. The van der Waals surface area contributed by atoms with Crippen LogP contribution in [-0.2, 0) is 9.59 Å². The number of thiocarbonyl (C=S) groups is 1. The Kier molecular flexibility index (Phi) is 7.94. The van der Waals surface area contributed by atoms with Gasteiger partial charge in [0.25, 0.3) is 11.8 Å². The third kappa shape index (κ3) is 6.22. The van der Waals surface area contributed by atoms with Crippen molar-refractivity contribution in [2.24, 2.45) is 0 Å². The molecule has 10 heteroatoms. The first-order valence-corrected chi connectivity index (χ1v) is 11.2. The van der Waals surface area contributed by atoms with Crippen LogP contribution in [0.2, 0.25) is 0 Å². The lowest BCUT2D eigenvalue weighted by molar-refractivity contribution is -0.118. The molecule has 1 heterocycles. The summed E-state index contributed by atoms with van der Waals surface area (Å²) in [5, 5.41) is 5.33. The first kappa shape index (κ1) is 23.1. The van der Waals surface area contributed by atoms with E-state index in [4.69, 9.17) is 26.4 Å². The molecule has 0 radical (unpaired) electrons. The van der Waals surface area contributed by atoms with Gasteiger partial charge >= 0.3 is 0 Å². The van der Waals surface area contributed by atoms with E-state index in [9.17, 15) is 9.59 Å². The highest BCUT2D eigenvalue weighted by Gasteiger charge is 2.22. The molecule has 162 valence electrons. The minimum Gasteiger partial charge on any atom is -0.494 e. The fourth-order valence-corrected chi connectivity index (χ4v) is 4.29. The second-order valence-corrected chi connectivity index (χ2v) is 8.75. The fourth-order valence-electron chi connectivity index (χ4n) is 2.67. The van der Waals surface area contributed by atoms with E-state index in [1.54, 1.807) is 42.5 Å². The average molecular weight is 523 g/mol. The van der Waals surface area contributed by atoms with Gasteiger partial charge in [-0.3, -0.25) is 9.59 Å². The fraction of sp³-hybridized carbons (Fsp3) is 0.190. The van der Waals surface area contributed by atoms with Gasteiger partial charge in [0, 0.05) is 5.69 Å². The van der Waals surface area contributed by atoms with Crippen molar-refractivity contribution < 1.29 is 23.8 Å². The minimum absolute atomic E-state index is 0.213. The molecule has 1 fully saturated rings. The van der Waals surface area contributed by atoms with Crippen molar-refractivity contribution in [2.45, 2.75) is 6.92 Å². The van der Waals surface area contributed by atoms with Crippen LogP contribution in [-0.4, -0.2) is 36.5 Å². The highest BCUT2D eigenvalue weighted by Crippen LogP contribution is 2.38. The molecule has 0 bridgehead atoms. The zero-order valence-corrected chi connectivity index (χ0v) is 19.9. The van der Waals surface area contributed by atoms with E-state index in [0.29, 0.717) is 37.5 Å². The van der Waals surface area contributed by atoms with Crippen LogP contribution in [0.15, 0.2) is 45.8 Å². The van der Waals surface area contributed by atoms with E-state index in [1.807, 2.05) is 6.92 Å². The van der Waals surface area contributed by atoms with Crippen molar-refractivity contribution in [3.05, 3.63) is 51.3 Å². The minimum atomic E-state index is -0.322. The molecule has 31 heavy (non-hydrogen) atoms. The summed E-state index contributed by atoms with van der Waals surface area (Å²) in [6.45, 7) is 2.27. The van der Waals surface area contributed by atoms with Crippen molar-refractivity contribution in [2.75, 3.05) is 25.6 Å². The van der Waals surface area contributed by atoms with Gasteiger partial charge in [-0.2, -0.15) is 0 Å². The van der Waals surface area contributed by atoms with E-state index in [0.717, 1.165) is 11.3 Å². The van der Waals surface area contributed by atoms with E-state index in [1.165, 1.54) is 18.9 Å². The summed E-state index contributed by atoms with van der Waals surface area (Å²) in [5.74, 6) is 0.968. The van der Waals surface area contributed by atoms with E-state index < -0.39 is 0 Å². The molecule has 2 amide bonds. The summed E-state index contributed by atoms with van der Waals surface area (Å²) >= 11 is 9.64. The molecule has 0 aromatic heterocycles. The first-order valence-electron chi connectivity index (χ1n) is 9.17. The highest BCUT2D eigenvalue weighted by molar-refractivity contribution is 9.10. The number of carbonyl (C=O) groups excluding carboxylic acids is 2. The van der Waals surface area contributed by atoms with Gasteiger partial charge in [-0.05, 0) is 70.9 Å². The second kappa shape index (κ2) is 10.7.